The van der Waals surface area contributed by atoms with Crippen molar-refractivity contribution < 1.29 is 9.59 Å². The summed E-state index contributed by atoms with van der Waals surface area (Å²) in [5, 5.41) is 2.92. The van der Waals surface area contributed by atoms with Crippen LogP contribution in [0.25, 0.3) is 0 Å². The van der Waals surface area contributed by atoms with Crippen LogP contribution >= 0.6 is 0 Å². The highest BCUT2D eigenvalue weighted by Gasteiger charge is 2.45. The summed E-state index contributed by atoms with van der Waals surface area (Å²) < 4.78 is 0. The van der Waals surface area contributed by atoms with Crippen LogP contribution in [0.2, 0.25) is 0 Å². The minimum absolute atomic E-state index is 0.0148. The van der Waals surface area contributed by atoms with Crippen molar-refractivity contribution in [3.8, 4) is 0 Å². The molecule has 1 saturated carbocycles. The van der Waals surface area contributed by atoms with Gasteiger partial charge in [0.1, 0.15) is 12.1 Å². The first kappa shape index (κ1) is 15.3. The number of carbonyl (C=O) groups is 2. The molecule has 2 aliphatic rings. The predicted molar refractivity (Wildman–Crippen MR) is 79.0 cm³/mol. The molecule has 4 nitrogen and oxygen atoms in total. The van der Waals surface area contributed by atoms with Crippen molar-refractivity contribution in [1.29, 1.82) is 0 Å². The van der Waals surface area contributed by atoms with Gasteiger partial charge in [-0.25, -0.2) is 0 Å². The van der Waals surface area contributed by atoms with Crippen LogP contribution in [0.5, 0.6) is 0 Å². The van der Waals surface area contributed by atoms with Gasteiger partial charge in [0.2, 0.25) is 11.8 Å². The Morgan fingerprint density at radius 3 is 2.15 bits per heavy atom. The van der Waals surface area contributed by atoms with Gasteiger partial charge in [-0.2, -0.15) is 0 Å². The van der Waals surface area contributed by atoms with Crippen LogP contribution in [0, 0.1) is 17.8 Å². The van der Waals surface area contributed by atoms with Crippen molar-refractivity contribution in [2.45, 2.75) is 72.0 Å². The molecule has 0 spiro atoms. The lowest BCUT2D eigenvalue weighted by molar-refractivity contribution is -0.155. The first-order valence-corrected chi connectivity index (χ1v) is 7.95. The maximum Gasteiger partial charge on any atom is 0.246 e. The summed E-state index contributed by atoms with van der Waals surface area (Å²) in [4.78, 5) is 27.1. The summed E-state index contributed by atoms with van der Waals surface area (Å²) in [6.07, 6.45) is 3.59. The molecule has 20 heavy (non-hydrogen) atoms. The lowest BCUT2D eigenvalue weighted by atomic mass is 9.90. The molecule has 0 bridgehead atoms. The predicted octanol–water partition coefficient (Wildman–Crippen LogP) is 2.18. The number of nitrogens with one attached hydrogen (secondary N) is 1. The van der Waals surface area contributed by atoms with Crippen molar-refractivity contribution in [3.63, 3.8) is 0 Å². The molecule has 1 aliphatic carbocycles. The maximum atomic E-state index is 12.8. The molecular formula is C16H28N2O2. The van der Waals surface area contributed by atoms with E-state index in [-0.39, 0.29) is 41.8 Å². The minimum atomic E-state index is -0.362. The van der Waals surface area contributed by atoms with Gasteiger partial charge in [-0.15, -0.1) is 0 Å². The summed E-state index contributed by atoms with van der Waals surface area (Å²) in [6.45, 7) is 10.1. The molecule has 0 radical (unpaired) electrons. The van der Waals surface area contributed by atoms with E-state index in [2.05, 4.69) is 12.2 Å². The molecule has 1 N–H and O–H groups in total. The molecule has 114 valence electrons. The Bertz CT molecular complexity index is 388. The number of rotatable bonds is 5. The lowest BCUT2D eigenvalue weighted by Crippen LogP contribution is -2.67. The van der Waals surface area contributed by atoms with E-state index >= 15 is 0 Å². The van der Waals surface area contributed by atoms with Crippen LogP contribution in [0.4, 0.5) is 0 Å². The molecule has 2 rings (SSSR count). The zero-order chi connectivity index (χ0) is 15.0. The Morgan fingerprint density at radius 2 is 1.70 bits per heavy atom. The number of hydrogen-bond donors (Lipinski definition) is 1. The van der Waals surface area contributed by atoms with Crippen molar-refractivity contribution in [1.82, 2.24) is 10.2 Å². The fourth-order valence-electron chi connectivity index (χ4n) is 3.24. The van der Waals surface area contributed by atoms with E-state index in [4.69, 9.17) is 0 Å². The molecule has 1 aliphatic heterocycles. The van der Waals surface area contributed by atoms with Gasteiger partial charge >= 0.3 is 0 Å². The minimum Gasteiger partial charge on any atom is -0.342 e. The summed E-state index contributed by atoms with van der Waals surface area (Å²) in [5.41, 5.74) is 0. The number of carbonyl (C=O) groups excluding carboxylic acids is 2. The summed E-state index contributed by atoms with van der Waals surface area (Å²) in [5.74, 6) is 1.16. The second kappa shape index (κ2) is 5.74. The number of hydrogen-bond acceptors (Lipinski definition) is 2. The van der Waals surface area contributed by atoms with Crippen LogP contribution in [0.1, 0.15) is 53.9 Å². The van der Waals surface area contributed by atoms with Crippen LogP contribution in [0.3, 0.4) is 0 Å². The molecule has 1 heterocycles. The molecule has 3 unspecified atom stereocenters. The van der Waals surface area contributed by atoms with Crippen molar-refractivity contribution in [2.75, 3.05) is 0 Å². The quantitative estimate of drug-likeness (QED) is 0.839. The van der Waals surface area contributed by atoms with Crippen molar-refractivity contribution in [2.24, 2.45) is 17.8 Å². The third kappa shape index (κ3) is 2.99. The Kier molecular flexibility index (Phi) is 4.40. The van der Waals surface area contributed by atoms with Crippen molar-refractivity contribution in [3.05, 3.63) is 0 Å². The van der Waals surface area contributed by atoms with E-state index in [0.717, 1.165) is 12.3 Å². The molecule has 0 aromatic rings. The highest BCUT2D eigenvalue weighted by atomic mass is 16.2. The van der Waals surface area contributed by atoms with Gasteiger partial charge < -0.3 is 10.2 Å². The van der Waals surface area contributed by atoms with Gasteiger partial charge in [0, 0.05) is 6.04 Å². The van der Waals surface area contributed by atoms with Gasteiger partial charge in [-0.1, -0.05) is 40.5 Å². The average Bonchev–Trinajstić information content (AvgIpc) is 3.13. The third-order valence-electron chi connectivity index (χ3n) is 4.53. The van der Waals surface area contributed by atoms with Crippen molar-refractivity contribution >= 4 is 11.8 Å². The zero-order valence-electron chi connectivity index (χ0n) is 13.3. The summed E-state index contributed by atoms with van der Waals surface area (Å²) in [6, 6.07) is -0.514. The number of nitrogens with zero attached hydrogens (tertiary/aromatic N) is 1. The number of amides is 2. The zero-order valence-corrected chi connectivity index (χ0v) is 13.3. The van der Waals surface area contributed by atoms with E-state index in [9.17, 15) is 9.59 Å². The Hall–Kier alpha value is -1.06. The normalized spacial score (nSPS) is 29.1. The smallest absolute Gasteiger partial charge is 0.246 e. The second-order valence-corrected chi connectivity index (χ2v) is 7.19. The Balaban J connectivity index is 2.22. The Morgan fingerprint density at radius 1 is 1.10 bits per heavy atom. The molecular weight excluding hydrogens is 252 g/mol. The van der Waals surface area contributed by atoms with Crippen LogP contribution < -0.4 is 5.32 Å². The van der Waals surface area contributed by atoms with Gasteiger partial charge in [0.05, 0.1) is 0 Å². The van der Waals surface area contributed by atoms with Crippen LogP contribution in [-0.4, -0.2) is 34.8 Å². The monoisotopic (exact) mass is 280 g/mol. The molecule has 1 saturated heterocycles. The molecule has 2 amide bonds. The van der Waals surface area contributed by atoms with Gasteiger partial charge in [0.15, 0.2) is 0 Å². The van der Waals surface area contributed by atoms with Gasteiger partial charge in [-0.05, 0) is 31.1 Å². The van der Waals surface area contributed by atoms with Gasteiger partial charge in [-0.3, -0.25) is 9.59 Å². The fraction of sp³-hybridized carbons (Fsp3) is 0.875. The first-order chi connectivity index (χ1) is 9.32. The van der Waals surface area contributed by atoms with E-state index in [1.165, 1.54) is 12.8 Å². The fourth-order valence-corrected chi connectivity index (χ4v) is 3.24. The average molecular weight is 280 g/mol. The highest BCUT2D eigenvalue weighted by Crippen LogP contribution is 2.36. The third-order valence-corrected chi connectivity index (χ3v) is 4.53. The van der Waals surface area contributed by atoms with E-state index in [1.54, 1.807) is 0 Å². The lowest BCUT2D eigenvalue weighted by Gasteiger charge is -2.45. The van der Waals surface area contributed by atoms with Crippen LogP contribution in [-0.2, 0) is 9.59 Å². The number of piperazine rings is 1. The standard InChI is InChI=1S/C16H28N2O2/c1-9(2)13-16(20)18(11(5)8-12-6-7-12)14(10(3)4)15(19)17-13/h9-14H,6-8H2,1-5H3,(H,17,19). The maximum absolute atomic E-state index is 12.8. The largest absolute Gasteiger partial charge is 0.342 e. The highest BCUT2D eigenvalue weighted by molar-refractivity contribution is 5.97. The molecule has 0 aromatic carbocycles. The second-order valence-electron chi connectivity index (χ2n) is 7.19. The first-order valence-electron chi connectivity index (χ1n) is 7.95. The van der Waals surface area contributed by atoms with E-state index < -0.39 is 0 Å². The van der Waals surface area contributed by atoms with E-state index in [1.807, 2.05) is 32.6 Å². The SMILES string of the molecule is CC(C)C1NC(=O)C(C(C)C)N(C(C)CC2CC2)C1=O. The van der Waals surface area contributed by atoms with E-state index in [0.29, 0.717) is 0 Å². The Labute approximate surface area is 122 Å². The van der Waals surface area contributed by atoms with Crippen LogP contribution in [0.15, 0.2) is 0 Å². The van der Waals surface area contributed by atoms with Gasteiger partial charge in [0.25, 0.3) is 0 Å². The molecule has 4 heteroatoms. The molecule has 2 fully saturated rings. The topological polar surface area (TPSA) is 49.4 Å². The summed E-state index contributed by atoms with van der Waals surface area (Å²) >= 11 is 0. The molecule has 0 aromatic heterocycles. The summed E-state index contributed by atoms with van der Waals surface area (Å²) in [7, 11) is 0. The molecule has 3 atom stereocenters.